The molecule has 4 aliphatic carbocycles. The van der Waals surface area contributed by atoms with Gasteiger partial charge >= 0.3 is 0 Å². The van der Waals surface area contributed by atoms with Gasteiger partial charge in [-0.2, -0.15) is 0 Å². The van der Waals surface area contributed by atoms with Crippen LogP contribution < -0.4 is 0 Å². The summed E-state index contributed by atoms with van der Waals surface area (Å²) >= 11 is 0. The van der Waals surface area contributed by atoms with Gasteiger partial charge in [0, 0.05) is 11.8 Å². The molecule has 0 aromatic carbocycles. The van der Waals surface area contributed by atoms with Gasteiger partial charge in [0.15, 0.2) is 19.4 Å². The molecule has 5 fully saturated rings. The molecule has 0 aromatic rings. The molecule has 28 heavy (non-hydrogen) atoms. The van der Waals surface area contributed by atoms with E-state index in [4.69, 9.17) is 18.9 Å². The molecule has 0 aromatic heterocycles. The summed E-state index contributed by atoms with van der Waals surface area (Å²) in [7, 11) is 0. The summed E-state index contributed by atoms with van der Waals surface area (Å²) in [6.45, 7) is 5.98. The fourth-order valence-electron chi connectivity index (χ4n) is 8.54. The highest BCUT2D eigenvalue weighted by molar-refractivity contribution is 5.91. The van der Waals surface area contributed by atoms with E-state index in [9.17, 15) is 4.79 Å². The van der Waals surface area contributed by atoms with Crippen molar-refractivity contribution in [2.45, 2.75) is 76.6 Å². The first-order chi connectivity index (χ1) is 13.4. The Balaban J connectivity index is 1.37. The van der Waals surface area contributed by atoms with E-state index in [1.165, 1.54) is 24.8 Å². The molecular weight excluding hydrogens is 356 g/mol. The summed E-state index contributed by atoms with van der Waals surface area (Å²) in [6.07, 6.45) is 10.6. The number of hydrogen-bond acceptors (Lipinski definition) is 5. The fraction of sp³-hybridized carbons (Fsp3) is 0.870. The maximum atomic E-state index is 12.0. The lowest BCUT2D eigenvalue weighted by molar-refractivity contribution is -0.248. The highest BCUT2D eigenvalue weighted by Crippen LogP contribution is 2.71. The van der Waals surface area contributed by atoms with E-state index < -0.39 is 5.79 Å². The van der Waals surface area contributed by atoms with Gasteiger partial charge in [-0.25, -0.2) is 0 Å². The predicted molar refractivity (Wildman–Crippen MR) is 101 cm³/mol. The third-order valence-corrected chi connectivity index (χ3v) is 9.96. The average molecular weight is 389 g/mol. The van der Waals surface area contributed by atoms with Crippen molar-refractivity contribution in [3.05, 3.63) is 11.6 Å². The molecule has 2 heterocycles. The number of hydrogen-bond donors (Lipinski definition) is 0. The van der Waals surface area contributed by atoms with Gasteiger partial charge in [-0.1, -0.05) is 19.4 Å². The second-order valence-electron chi connectivity index (χ2n) is 10.6. The van der Waals surface area contributed by atoms with Crippen molar-refractivity contribution in [2.24, 2.45) is 28.6 Å². The van der Waals surface area contributed by atoms with E-state index in [0.717, 1.165) is 32.1 Å². The van der Waals surface area contributed by atoms with Crippen LogP contribution in [0.3, 0.4) is 0 Å². The molecule has 3 saturated carbocycles. The number of ketones is 1. The molecule has 2 saturated heterocycles. The van der Waals surface area contributed by atoms with Crippen LogP contribution >= 0.6 is 0 Å². The van der Waals surface area contributed by atoms with E-state index in [-0.39, 0.29) is 16.4 Å². The Morgan fingerprint density at radius 2 is 1.75 bits per heavy atom. The molecule has 5 nitrogen and oxygen atoms in total. The summed E-state index contributed by atoms with van der Waals surface area (Å²) in [5.41, 5.74) is 1.32. The van der Waals surface area contributed by atoms with Gasteiger partial charge in [-0.3, -0.25) is 4.79 Å². The van der Waals surface area contributed by atoms with Crippen molar-refractivity contribution >= 4 is 5.78 Å². The van der Waals surface area contributed by atoms with Crippen LogP contribution in [-0.4, -0.2) is 37.4 Å². The van der Waals surface area contributed by atoms with Crippen LogP contribution in [0.5, 0.6) is 0 Å². The Hall–Kier alpha value is -0.750. The Morgan fingerprint density at radius 3 is 2.57 bits per heavy atom. The molecule has 0 amide bonds. The number of rotatable bonds is 0. The lowest BCUT2D eigenvalue weighted by Crippen LogP contribution is -2.63. The summed E-state index contributed by atoms with van der Waals surface area (Å²) in [5, 5.41) is 0. The van der Waals surface area contributed by atoms with Gasteiger partial charge in [0.1, 0.15) is 12.2 Å². The van der Waals surface area contributed by atoms with E-state index >= 15 is 0 Å². The molecular formula is C23H32O5. The lowest BCUT2D eigenvalue weighted by Gasteiger charge is -2.60. The predicted octanol–water partition coefficient (Wildman–Crippen LogP) is 3.96. The molecule has 0 unspecified atom stereocenters. The monoisotopic (exact) mass is 388 g/mol. The van der Waals surface area contributed by atoms with Gasteiger partial charge in [0.25, 0.3) is 0 Å². The van der Waals surface area contributed by atoms with Crippen molar-refractivity contribution in [1.29, 1.82) is 0 Å². The third-order valence-electron chi connectivity index (χ3n) is 9.96. The third kappa shape index (κ3) is 1.95. The zero-order valence-electron chi connectivity index (χ0n) is 17.1. The minimum Gasteiger partial charge on any atom is -0.350 e. The van der Waals surface area contributed by atoms with Crippen LogP contribution in [0.4, 0.5) is 0 Å². The number of carbonyl (C=O) groups is 1. The Morgan fingerprint density at radius 1 is 0.929 bits per heavy atom. The highest BCUT2D eigenvalue weighted by Gasteiger charge is 2.75. The molecule has 6 aliphatic rings. The van der Waals surface area contributed by atoms with Crippen LogP contribution in [0, 0.1) is 28.6 Å². The van der Waals surface area contributed by atoms with Gasteiger partial charge in [-0.15, -0.1) is 0 Å². The number of fused-ring (bicyclic) bond motifs is 7. The van der Waals surface area contributed by atoms with E-state index in [0.29, 0.717) is 43.7 Å². The van der Waals surface area contributed by atoms with Crippen molar-refractivity contribution in [3.8, 4) is 0 Å². The first-order valence-electron chi connectivity index (χ1n) is 11.2. The zero-order chi connectivity index (χ0) is 19.2. The van der Waals surface area contributed by atoms with Gasteiger partial charge in [0.05, 0.1) is 0 Å². The molecule has 0 radical (unpaired) electrons. The smallest absolute Gasteiger partial charge is 0.226 e. The molecule has 0 N–H and O–H groups in total. The summed E-state index contributed by atoms with van der Waals surface area (Å²) in [5.74, 6) is 1.64. The second kappa shape index (κ2) is 5.69. The van der Waals surface area contributed by atoms with Crippen molar-refractivity contribution in [1.82, 2.24) is 0 Å². The van der Waals surface area contributed by atoms with Crippen LogP contribution in [0.15, 0.2) is 11.6 Å². The zero-order valence-corrected chi connectivity index (χ0v) is 17.1. The largest absolute Gasteiger partial charge is 0.350 e. The SMILES string of the molecule is C[C@@]12CCC(=O)C=C1CC[C@H]1[C@H]3CC[C@@]4(OCO[C@]45COCO5)[C@]3(C)CC[C@@H]12. The number of allylic oxidation sites excluding steroid dienone is 1. The molecule has 7 atom stereocenters. The first kappa shape index (κ1) is 18.1. The van der Waals surface area contributed by atoms with Gasteiger partial charge < -0.3 is 18.9 Å². The van der Waals surface area contributed by atoms with E-state index in [2.05, 4.69) is 13.8 Å². The average Bonchev–Trinajstić information content (AvgIpc) is 3.37. The van der Waals surface area contributed by atoms with Crippen LogP contribution in [-0.2, 0) is 23.7 Å². The maximum absolute atomic E-state index is 12.0. The van der Waals surface area contributed by atoms with Crippen molar-refractivity contribution in [2.75, 3.05) is 20.2 Å². The topological polar surface area (TPSA) is 54.0 Å². The number of ether oxygens (including phenoxy) is 4. The normalized spacial score (nSPS) is 55.3. The summed E-state index contributed by atoms with van der Waals surface area (Å²) in [6, 6.07) is 0. The standard InChI is InChI=1S/C23H32O5/c1-20-8-5-16(24)11-15(20)3-4-17-18(20)6-9-21(2)19(17)7-10-22(21)23(28-14-26-22)12-25-13-27-23/h11,17-19H,3-10,12-14H2,1-2H3/t17-,18+,19-,20-,21-,22-,23-/m1/s1. The quantitative estimate of drug-likeness (QED) is 0.629. The van der Waals surface area contributed by atoms with Crippen molar-refractivity contribution in [3.63, 3.8) is 0 Å². The molecule has 2 aliphatic heterocycles. The summed E-state index contributed by atoms with van der Waals surface area (Å²) in [4.78, 5) is 12.0. The molecule has 0 bridgehead atoms. The number of carbonyl (C=O) groups excluding carboxylic acids is 1. The minimum absolute atomic E-state index is 0.0560. The van der Waals surface area contributed by atoms with E-state index in [1.807, 2.05) is 6.08 Å². The Kier molecular flexibility index (Phi) is 3.67. The maximum Gasteiger partial charge on any atom is 0.226 e. The van der Waals surface area contributed by atoms with Gasteiger partial charge in [-0.05, 0) is 74.2 Å². The first-order valence-corrected chi connectivity index (χ1v) is 11.2. The Labute approximate surface area is 167 Å². The second-order valence-corrected chi connectivity index (χ2v) is 10.6. The van der Waals surface area contributed by atoms with E-state index in [1.54, 1.807) is 0 Å². The molecule has 5 heteroatoms. The van der Waals surface area contributed by atoms with Crippen LogP contribution in [0.1, 0.15) is 65.2 Å². The minimum atomic E-state index is -0.718. The lowest BCUT2D eigenvalue weighted by atomic mass is 9.46. The van der Waals surface area contributed by atoms with Gasteiger partial charge in [0.2, 0.25) is 5.79 Å². The molecule has 6 rings (SSSR count). The molecule has 2 spiro atoms. The fourth-order valence-corrected chi connectivity index (χ4v) is 8.54. The van der Waals surface area contributed by atoms with Crippen LogP contribution in [0.25, 0.3) is 0 Å². The highest BCUT2D eigenvalue weighted by atomic mass is 16.9. The Bertz CT molecular complexity index is 734. The van der Waals surface area contributed by atoms with Crippen LogP contribution in [0.2, 0.25) is 0 Å². The van der Waals surface area contributed by atoms with Crippen molar-refractivity contribution < 1.29 is 23.7 Å². The summed E-state index contributed by atoms with van der Waals surface area (Å²) < 4.78 is 24.3. The molecule has 154 valence electrons.